The number of carbonyl (C=O) groups is 1. The first-order chi connectivity index (χ1) is 11.9. The highest BCUT2D eigenvalue weighted by molar-refractivity contribution is 5.88. The Morgan fingerprint density at radius 1 is 1.28 bits per heavy atom. The van der Waals surface area contributed by atoms with Gasteiger partial charge in [-0.05, 0) is 50.2 Å². The molecule has 25 heavy (non-hydrogen) atoms. The quantitative estimate of drug-likeness (QED) is 0.767. The van der Waals surface area contributed by atoms with E-state index in [4.69, 9.17) is 10.5 Å². The third kappa shape index (κ3) is 2.04. The van der Waals surface area contributed by atoms with Crippen molar-refractivity contribution in [3.8, 4) is 5.75 Å². The summed E-state index contributed by atoms with van der Waals surface area (Å²) in [6, 6.07) is 3.96. The molecular formula is C19H24FN2O3+. The standard InChI is InChI=1S/C19H23FN2O3/c20-14-1-2-16-15(7-14)22(18(21)23,3-4-25-16)17-12-5-11-6-13(17)10-19(24,8-11)9-12/h1-2,7,11-13,17,24H,3-6,8-10H2,(H-,21,23)/p+1. The molecule has 3 unspecified atom stereocenters. The Kier molecular flexibility index (Phi) is 3.08. The predicted molar refractivity (Wildman–Crippen MR) is 90.4 cm³/mol. The van der Waals surface area contributed by atoms with Gasteiger partial charge in [-0.2, -0.15) is 4.48 Å². The van der Waals surface area contributed by atoms with Gasteiger partial charge >= 0.3 is 6.03 Å². The van der Waals surface area contributed by atoms with Crippen LogP contribution >= 0.6 is 0 Å². The van der Waals surface area contributed by atoms with Gasteiger partial charge in [0, 0.05) is 17.9 Å². The monoisotopic (exact) mass is 347 g/mol. The van der Waals surface area contributed by atoms with E-state index in [0.29, 0.717) is 30.5 Å². The summed E-state index contributed by atoms with van der Waals surface area (Å²) in [4.78, 5) is 12.8. The number of ether oxygens (including phenoxy) is 1. The zero-order valence-corrected chi connectivity index (χ0v) is 14.2. The largest absolute Gasteiger partial charge is 0.481 e. The van der Waals surface area contributed by atoms with Crippen molar-refractivity contribution >= 4 is 11.7 Å². The Labute approximate surface area is 146 Å². The number of fused-ring (bicyclic) bond motifs is 1. The topological polar surface area (TPSA) is 72.6 Å². The number of quaternary nitrogens is 1. The van der Waals surface area contributed by atoms with Crippen LogP contribution in [0, 0.1) is 23.6 Å². The van der Waals surface area contributed by atoms with Crippen LogP contribution in [0.5, 0.6) is 5.75 Å². The second kappa shape index (κ2) is 4.95. The highest BCUT2D eigenvalue weighted by Gasteiger charge is 2.64. The van der Waals surface area contributed by atoms with Gasteiger partial charge in [-0.25, -0.2) is 9.18 Å². The first kappa shape index (κ1) is 15.6. The van der Waals surface area contributed by atoms with Crippen molar-refractivity contribution in [2.45, 2.75) is 43.7 Å². The Morgan fingerprint density at radius 2 is 2.00 bits per heavy atom. The van der Waals surface area contributed by atoms with E-state index in [1.54, 1.807) is 6.07 Å². The molecule has 1 aliphatic heterocycles. The summed E-state index contributed by atoms with van der Waals surface area (Å²) in [5, 5.41) is 10.9. The molecule has 0 radical (unpaired) electrons. The van der Waals surface area contributed by atoms with Gasteiger partial charge in [0.15, 0.2) is 11.4 Å². The summed E-state index contributed by atoms with van der Waals surface area (Å²) in [6.45, 7) is 0.831. The molecule has 4 aliphatic carbocycles. The van der Waals surface area contributed by atoms with Gasteiger partial charge in [-0.15, -0.1) is 0 Å². The van der Waals surface area contributed by atoms with Gasteiger partial charge in [0.1, 0.15) is 25.0 Å². The van der Waals surface area contributed by atoms with Gasteiger partial charge in [0.25, 0.3) is 0 Å². The van der Waals surface area contributed by atoms with Crippen LogP contribution in [0.25, 0.3) is 0 Å². The number of aliphatic hydroxyl groups is 1. The smallest absolute Gasteiger partial charge is 0.419 e. The number of hydrogen-bond donors (Lipinski definition) is 2. The molecule has 6 heteroatoms. The van der Waals surface area contributed by atoms with Crippen LogP contribution in [0.2, 0.25) is 0 Å². The van der Waals surface area contributed by atoms with Crippen molar-refractivity contribution in [2.75, 3.05) is 13.2 Å². The zero-order valence-electron chi connectivity index (χ0n) is 14.2. The third-order valence-electron chi connectivity index (χ3n) is 7.15. The number of amides is 2. The number of hydrogen-bond acceptors (Lipinski definition) is 3. The fraction of sp³-hybridized carbons (Fsp3) is 0.632. The fourth-order valence-electron chi connectivity index (χ4n) is 6.70. The number of nitrogens with two attached hydrogens (primary N) is 1. The number of benzene rings is 1. The van der Waals surface area contributed by atoms with Gasteiger partial charge in [0.05, 0.1) is 5.60 Å². The first-order valence-corrected chi connectivity index (χ1v) is 9.24. The van der Waals surface area contributed by atoms with Crippen molar-refractivity contribution in [1.82, 2.24) is 4.48 Å². The number of halogens is 1. The van der Waals surface area contributed by atoms with E-state index in [1.165, 1.54) is 12.1 Å². The van der Waals surface area contributed by atoms with E-state index in [0.717, 1.165) is 32.1 Å². The SMILES string of the molecule is NC(=O)[N+]1(C2C3CC4CC2CC(O)(C4)C3)CCOc2ccc(F)cc21. The molecule has 3 atom stereocenters. The van der Waals surface area contributed by atoms with Gasteiger partial charge in [-0.1, -0.05) is 0 Å². The van der Waals surface area contributed by atoms with Crippen molar-refractivity contribution in [2.24, 2.45) is 23.5 Å². The molecule has 4 fully saturated rings. The molecule has 134 valence electrons. The molecule has 0 saturated heterocycles. The highest BCUT2D eigenvalue weighted by atomic mass is 19.1. The summed E-state index contributed by atoms with van der Waals surface area (Å²) in [6.07, 6.45) is 4.40. The maximum absolute atomic E-state index is 14.0. The van der Waals surface area contributed by atoms with Gasteiger partial charge < -0.3 is 15.6 Å². The van der Waals surface area contributed by atoms with Crippen LogP contribution in [0.1, 0.15) is 32.1 Å². The summed E-state index contributed by atoms with van der Waals surface area (Å²) < 4.78 is 19.7. The molecular weight excluding hydrogens is 323 g/mol. The summed E-state index contributed by atoms with van der Waals surface area (Å²) in [5.74, 6) is 1.21. The number of nitrogens with zero attached hydrogens (tertiary/aromatic N) is 1. The third-order valence-corrected chi connectivity index (χ3v) is 7.15. The molecule has 3 N–H and O–H groups in total. The molecule has 5 aliphatic rings. The molecule has 6 rings (SSSR count). The van der Waals surface area contributed by atoms with E-state index < -0.39 is 11.6 Å². The van der Waals surface area contributed by atoms with Crippen LogP contribution in [0.4, 0.5) is 14.9 Å². The van der Waals surface area contributed by atoms with Crippen molar-refractivity contribution < 1.29 is 19.0 Å². The minimum atomic E-state index is -0.578. The van der Waals surface area contributed by atoms with E-state index in [9.17, 15) is 14.3 Å². The highest BCUT2D eigenvalue weighted by Crippen LogP contribution is 2.59. The van der Waals surface area contributed by atoms with Crippen molar-refractivity contribution in [3.05, 3.63) is 24.0 Å². The van der Waals surface area contributed by atoms with E-state index in [1.807, 2.05) is 0 Å². The Balaban J connectivity index is 1.66. The molecule has 1 heterocycles. The molecule has 4 saturated carbocycles. The van der Waals surface area contributed by atoms with Crippen molar-refractivity contribution in [1.29, 1.82) is 0 Å². The summed E-state index contributed by atoms with van der Waals surface area (Å²) >= 11 is 0. The Morgan fingerprint density at radius 3 is 2.64 bits per heavy atom. The molecule has 5 nitrogen and oxygen atoms in total. The second-order valence-electron chi connectivity index (χ2n) is 8.58. The first-order valence-electron chi connectivity index (χ1n) is 9.24. The van der Waals surface area contributed by atoms with Crippen molar-refractivity contribution in [3.63, 3.8) is 0 Å². The second-order valence-corrected chi connectivity index (χ2v) is 8.58. The van der Waals surface area contributed by atoms with Crippen LogP contribution < -0.4 is 15.0 Å². The van der Waals surface area contributed by atoms with E-state index >= 15 is 0 Å². The normalized spacial score (nSPS) is 44.2. The lowest BCUT2D eigenvalue weighted by molar-refractivity contribution is -0.153. The average molecular weight is 347 g/mol. The average Bonchev–Trinajstić information content (AvgIpc) is 2.52. The van der Waals surface area contributed by atoms with Crippen LogP contribution in [-0.2, 0) is 0 Å². The molecule has 0 aromatic heterocycles. The minimum absolute atomic E-state index is 0.0128. The Hall–Kier alpha value is -1.66. The Bertz CT molecular complexity index is 738. The lowest BCUT2D eigenvalue weighted by atomic mass is 9.51. The number of primary amides is 1. The molecule has 1 aromatic carbocycles. The molecule has 0 spiro atoms. The van der Waals surface area contributed by atoms with E-state index in [-0.39, 0.29) is 28.2 Å². The van der Waals surface area contributed by atoms with E-state index in [2.05, 4.69) is 0 Å². The number of rotatable bonds is 1. The van der Waals surface area contributed by atoms with Crippen LogP contribution in [0.3, 0.4) is 0 Å². The number of urea groups is 1. The maximum Gasteiger partial charge on any atom is 0.419 e. The lowest BCUT2D eigenvalue weighted by Crippen LogP contribution is -2.74. The van der Waals surface area contributed by atoms with Crippen LogP contribution in [0.15, 0.2) is 18.2 Å². The fourth-order valence-corrected chi connectivity index (χ4v) is 6.70. The number of carbonyl (C=O) groups excluding carboxylic acids is 1. The zero-order chi connectivity index (χ0) is 17.4. The van der Waals surface area contributed by atoms with Gasteiger partial charge in [-0.3, -0.25) is 0 Å². The van der Waals surface area contributed by atoms with Gasteiger partial charge in [0.2, 0.25) is 0 Å². The summed E-state index contributed by atoms with van der Waals surface area (Å²) in [7, 11) is 0. The molecule has 2 amide bonds. The lowest BCUT2D eigenvalue weighted by Gasteiger charge is -2.61. The summed E-state index contributed by atoms with van der Waals surface area (Å²) in [5.41, 5.74) is 5.95. The molecule has 1 aromatic rings. The molecule has 4 bridgehead atoms. The predicted octanol–water partition coefficient (Wildman–Crippen LogP) is 2.54. The maximum atomic E-state index is 14.0. The minimum Gasteiger partial charge on any atom is -0.481 e. The van der Waals surface area contributed by atoms with Crippen LogP contribution in [-0.4, -0.2) is 35.9 Å².